The summed E-state index contributed by atoms with van der Waals surface area (Å²) in [6.45, 7) is 5.79. The molecule has 0 aliphatic heterocycles. The van der Waals surface area contributed by atoms with E-state index in [0.29, 0.717) is 6.54 Å². The maximum Gasteiger partial charge on any atom is 0.239 e. The summed E-state index contributed by atoms with van der Waals surface area (Å²) >= 11 is 7.71. The third-order valence-corrected chi connectivity index (χ3v) is 5.38. The van der Waals surface area contributed by atoms with E-state index in [1.807, 2.05) is 0 Å². The summed E-state index contributed by atoms with van der Waals surface area (Å²) in [6, 6.07) is 4.78. The maximum atomic E-state index is 11.2. The molecule has 1 rings (SSSR count). The van der Waals surface area contributed by atoms with Gasteiger partial charge in [-0.25, -0.2) is 13.6 Å². The lowest BCUT2D eigenvalue weighted by atomic mass is 10.2. The summed E-state index contributed by atoms with van der Waals surface area (Å²) in [5, 5.41) is 8.53. The molecule has 19 heavy (non-hydrogen) atoms. The van der Waals surface area contributed by atoms with Crippen LogP contribution in [0.15, 0.2) is 23.1 Å². The summed E-state index contributed by atoms with van der Waals surface area (Å²) in [6.07, 6.45) is 2.07. The number of nitrogens with two attached hydrogens (primary N) is 1. The zero-order chi connectivity index (χ0) is 14.7. The topological polar surface area (TPSA) is 72.2 Å². The third kappa shape index (κ3) is 5.31. The van der Waals surface area contributed by atoms with Crippen LogP contribution in [0.4, 0.5) is 0 Å². The van der Waals surface area contributed by atoms with Crippen molar-refractivity contribution in [2.75, 3.05) is 12.8 Å². The van der Waals surface area contributed by atoms with Gasteiger partial charge in [0.05, 0.1) is 5.02 Å². The van der Waals surface area contributed by atoms with Gasteiger partial charge in [0.1, 0.15) is 4.90 Å². The van der Waals surface area contributed by atoms with E-state index in [9.17, 15) is 8.42 Å². The number of nitrogens with one attached hydrogen (secondary N) is 1. The van der Waals surface area contributed by atoms with E-state index < -0.39 is 10.0 Å². The van der Waals surface area contributed by atoms with Crippen molar-refractivity contribution in [3.8, 4) is 0 Å². The van der Waals surface area contributed by atoms with Crippen molar-refractivity contribution in [3.05, 3.63) is 28.8 Å². The predicted octanol–water partition coefficient (Wildman–Crippen LogP) is 2.22. The van der Waals surface area contributed by atoms with Gasteiger partial charge in [0.2, 0.25) is 10.0 Å². The van der Waals surface area contributed by atoms with Crippen LogP contribution >= 0.6 is 23.4 Å². The Balaban J connectivity index is 2.70. The molecule has 0 atom stereocenters. The van der Waals surface area contributed by atoms with E-state index in [4.69, 9.17) is 16.7 Å². The highest BCUT2D eigenvalue weighted by Gasteiger charge is 2.16. The van der Waals surface area contributed by atoms with E-state index >= 15 is 0 Å². The van der Waals surface area contributed by atoms with Gasteiger partial charge in [-0.1, -0.05) is 17.7 Å². The lowest BCUT2D eigenvalue weighted by molar-refractivity contribution is 0.590. The molecule has 0 saturated heterocycles. The minimum absolute atomic E-state index is 0.0395. The molecule has 4 nitrogen and oxygen atoms in total. The van der Waals surface area contributed by atoms with Crippen LogP contribution in [0.5, 0.6) is 0 Å². The van der Waals surface area contributed by atoms with Gasteiger partial charge in [0.15, 0.2) is 0 Å². The molecule has 108 valence electrons. The number of hydrogen-bond acceptors (Lipinski definition) is 4. The number of halogens is 1. The number of rotatable bonds is 6. The Morgan fingerprint density at radius 2 is 2.05 bits per heavy atom. The predicted molar refractivity (Wildman–Crippen MR) is 82.1 cm³/mol. The lowest BCUT2D eigenvalue weighted by Gasteiger charge is -2.22. The quantitative estimate of drug-likeness (QED) is 0.842. The van der Waals surface area contributed by atoms with Gasteiger partial charge in [-0.2, -0.15) is 11.8 Å². The van der Waals surface area contributed by atoms with Gasteiger partial charge in [-0.3, -0.25) is 0 Å². The van der Waals surface area contributed by atoms with Crippen LogP contribution in [0.1, 0.15) is 19.4 Å². The largest absolute Gasteiger partial charge is 0.311 e. The van der Waals surface area contributed by atoms with Crippen molar-refractivity contribution in [3.63, 3.8) is 0 Å². The Bertz CT molecular complexity index is 545. The molecule has 0 aromatic heterocycles. The minimum Gasteiger partial charge on any atom is -0.311 e. The van der Waals surface area contributed by atoms with Gasteiger partial charge in [0.25, 0.3) is 0 Å². The van der Waals surface area contributed by atoms with Crippen LogP contribution in [0, 0.1) is 0 Å². The van der Waals surface area contributed by atoms with Gasteiger partial charge in [-0.15, -0.1) is 0 Å². The van der Waals surface area contributed by atoms with Gasteiger partial charge >= 0.3 is 0 Å². The fraction of sp³-hybridized carbons (Fsp3) is 0.500. The van der Waals surface area contributed by atoms with Crippen molar-refractivity contribution in [2.45, 2.75) is 30.0 Å². The second-order valence-electron chi connectivity index (χ2n) is 4.88. The molecule has 3 N–H and O–H groups in total. The summed E-state index contributed by atoms with van der Waals surface area (Å²) < 4.78 is 22.6. The number of sulfonamides is 1. The molecule has 0 aliphatic carbocycles. The molecule has 0 aliphatic rings. The molecular formula is C12H19ClN2O2S2. The average molecular weight is 323 g/mol. The molecule has 0 heterocycles. The molecule has 7 heteroatoms. The Morgan fingerprint density at radius 1 is 1.42 bits per heavy atom. The monoisotopic (exact) mass is 322 g/mol. The van der Waals surface area contributed by atoms with Crippen molar-refractivity contribution in [2.24, 2.45) is 5.14 Å². The summed E-state index contributed by atoms with van der Waals surface area (Å²) in [5.74, 6) is 0. The van der Waals surface area contributed by atoms with Gasteiger partial charge in [-0.05, 0) is 37.8 Å². The zero-order valence-electron chi connectivity index (χ0n) is 11.2. The van der Waals surface area contributed by atoms with Crippen LogP contribution < -0.4 is 10.5 Å². The molecule has 0 amide bonds. The second-order valence-corrected chi connectivity index (χ2v) is 8.33. The summed E-state index contributed by atoms with van der Waals surface area (Å²) in [4.78, 5) is -0.0395. The molecule has 1 aromatic rings. The zero-order valence-corrected chi connectivity index (χ0v) is 13.6. The molecule has 0 saturated carbocycles. The van der Waals surface area contributed by atoms with Crippen molar-refractivity contribution >= 4 is 33.4 Å². The Hall–Kier alpha value is -0.270. The first-order chi connectivity index (χ1) is 8.65. The standard InChI is InChI=1S/C12H19ClN2O2S2/c1-12(2,18-3)8-15-7-9-4-5-11(10(13)6-9)19(14,16)17/h4-6,15H,7-8H2,1-3H3,(H2,14,16,17). The SMILES string of the molecule is CSC(C)(C)CNCc1ccc(S(N)(=O)=O)c(Cl)c1. The number of hydrogen-bond donors (Lipinski definition) is 2. The van der Waals surface area contributed by atoms with E-state index in [0.717, 1.165) is 12.1 Å². The fourth-order valence-corrected chi connectivity index (χ4v) is 2.83. The smallest absolute Gasteiger partial charge is 0.239 e. The second kappa shape index (κ2) is 6.45. The van der Waals surface area contributed by atoms with Gasteiger partial charge < -0.3 is 5.32 Å². The molecule has 1 aromatic carbocycles. The van der Waals surface area contributed by atoms with E-state index in [1.54, 1.807) is 23.9 Å². The Morgan fingerprint density at radius 3 is 2.53 bits per heavy atom. The molecule has 0 fully saturated rings. The normalized spacial score (nSPS) is 12.7. The summed E-state index contributed by atoms with van der Waals surface area (Å²) in [5.41, 5.74) is 0.925. The van der Waals surface area contributed by atoms with E-state index in [1.165, 1.54) is 6.07 Å². The van der Waals surface area contributed by atoms with Crippen molar-refractivity contribution in [1.29, 1.82) is 0 Å². The van der Waals surface area contributed by atoms with Crippen LogP contribution in [-0.2, 0) is 16.6 Å². The van der Waals surface area contributed by atoms with E-state index in [2.05, 4.69) is 25.4 Å². The third-order valence-electron chi connectivity index (χ3n) is 2.74. The van der Waals surface area contributed by atoms with Crippen LogP contribution in [0.2, 0.25) is 5.02 Å². The maximum absolute atomic E-state index is 11.2. The first kappa shape index (κ1) is 16.8. The Kier molecular flexibility index (Phi) is 5.70. The highest BCUT2D eigenvalue weighted by molar-refractivity contribution is 7.99. The molecule has 0 unspecified atom stereocenters. The minimum atomic E-state index is -3.75. The van der Waals surface area contributed by atoms with E-state index in [-0.39, 0.29) is 14.7 Å². The highest BCUT2D eigenvalue weighted by atomic mass is 35.5. The number of thioether (sulfide) groups is 1. The van der Waals surface area contributed by atoms with Crippen LogP contribution in [0.25, 0.3) is 0 Å². The number of benzene rings is 1. The van der Waals surface area contributed by atoms with Crippen molar-refractivity contribution in [1.82, 2.24) is 5.32 Å². The van der Waals surface area contributed by atoms with Crippen LogP contribution in [0.3, 0.4) is 0 Å². The molecule has 0 spiro atoms. The van der Waals surface area contributed by atoms with Crippen molar-refractivity contribution < 1.29 is 8.42 Å². The lowest BCUT2D eigenvalue weighted by Crippen LogP contribution is -2.31. The highest BCUT2D eigenvalue weighted by Crippen LogP contribution is 2.22. The summed E-state index contributed by atoms with van der Waals surface area (Å²) in [7, 11) is -3.75. The fourth-order valence-electron chi connectivity index (χ4n) is 1.47. The average Bonchev–Trinajstić information content (AvgIpc) is 2.27. The first-order valence-corrected chi connectivity index (χ1v) is 8.88. The molecule has 0 bridgehead atoms. The van der Waals surface area contributed by atoms with Crippen LogP contribution in [-0.4, -0.2) is 26.0 Å². The molecule has 0 radical (unpaired) electrons. The van der Waals surface area contributed by atoms with Gasteiger partial charge in [0, 0.05) is 17.8 Å². The number of primary sulfonamides is 1. The first-order valence-electron chi connectivity index (χ1n) is 5.73. The Labute approximate surface area is 124 Å². The molecular weight excluding hydrogens is 304 g/mol.